The van der Waals surface area contributed by atoms with Crippen LogP contribution in [0.4, 0.5) is 0 Å². The van der Waals surface area contributed by atoms with Gasteiger partial charge in [-0.25, -0.2) is 0 Å². The highest BCUT2D eigenvalue weighted by Crippen LogP contribution is 2.29. The summed E-state index contributed by atoms with van der Waals surface area (Å²) in [6.45, 7) is 7.82. The summed E-state index contributed by atoms with van der Waals surface area (Å²) in [5.74, 6) is 0.710. The third kappa shape index (κ3) is 6.18. The first-order valence-corrected chi connectivity index (χ1v) is 9.05. The molecular formula is C18H29Cl2N. The minimum absolute atomic E-state index is 0.487. The second-order valence-electron chi connectivity index (χ2n) is 5.82. The van der Waals surface area contributed by atoms with Crippen LogP contribution in [-0.4, -0.2) is 12.6 Å². The van der Waals surface area contributed by atoms with Gasteiger partial charge in [-0.05, 0) is 49.8 Å². The van der Waals surface area contributed by atoms with E-state index in [-0.39, 0.29) is 0 Å². The van der Waals surface area contributed by atoms with Crippen molar-refractivity contribution in [3.63, 3.8) is 0 Å². The molecule has 21 heavy (non-hydrogen) atoms. The standard InChI is InChI=1S/C18H29Cl2N/c1-4-8-14(9-5-2)17(21-12-6-3)13-15-10-7-11-16(19)18(15)20/h7,10-11,14,17,21H,4-6,8-9,12-13H2,1-3H3. The monoisotopic (exact) mass is 329 g/mol. The SMILES string of the molecule is CCCNC(Cc1cccc(Cl)c1Cl)C(CCC)CCC. The molecule has 120 valence electrons. The van der Waals surface area contributed by atoms with Crippen molar-refractivity contribution in [2.24, 2.45) is 5.92 Å². The van der Waals surface area contributed by atoms with Crippen molar-refractivity contribution in [1.82, 2.24) is 5.32 Å². The van der Waals surface area contributed by atoms with Crippen LogP contribution in [0, 0.1) is 5.92 Å². The summed E-state index contributed by atoms with van der Waals surface area (Å²) >= 11 is 12.5. The lowest BCUT2D eigenvalue weighted by Gasteiger charge is -2.28. The molecule has 1 nitrogen and oxygen atoms in total. The Morgan fingerprint density at radius 1 is 1.00 bits per heavy atom. The molecule has 0 aromatic heterocycles. The smallest absolute Gasteiger partial charge is 0.0624 e. The largest absolute Gasteiger partial charge is 0.313 e. The van der Waals surface area contributed by atoms with Crippen molar-refractivity contribution >= 4 is 23.2 Å². The molecule has 0 aliphatic rings. The lowest BCUT2D eigenvalue weighted by Crippen LogP contribution is -2.38. The highest BCUT2D eigenvalue weighted by molar-refractivity contribution is 6.42. The van der Waals surface area contributed by atoms with Crippen molar-refractivity contribution in [3.05, 3.63) is 33.8 Å². The fraction of sp³-hybridized carbons (Fsp3) is 0.667. The summed E-state index contributed by atoms with van der Waals surface area (Å²) in [6, 6.07) is 6.44. The molecule has 0 aliphatic heterocycles. The zero-order valence-corrected chi connectivity index (χ0v) is 15.1. The van der Waals surface area contributed by atoms with E-state index in [1.807, 2.05) is 12.1 Å². The molecule has 1 aromatic rings. The number of halogens is 2. The molecule has 1 rings (SSSR count). The number of benzene rings is 1. The predicted octanol–water partition coefficient (Wildman–Crippen LogP) is 6.12. The van der Waals surface area contributed by atoms with Crippen molar-refractivity contribution in [2.45, 2.75) is 65.3 Å². The Morgan fingerprint density at radius 2 is 1.67 bits per heavy atom. The quantitative estimate of drug-likeness (QED) is 0.545. The van der Waals surface area contributed by atoms with Crippen LogP contribution >= 0.6 is 23.2 Å². The van der Waals surface area contributed by atoms with E-state index >= 15 is 0 Å². The topological polar surface area (TPSA) is 12.0 Å². The van der Waals surface area contributed by atoms with Crippen LogP contribution in [0.1, 0.15) is 58.4 Å². The Labute approximate surface area is 140 Å². The fourth-order valence-corrected chi connectivity index (χ4v) is 3.36. The summed E-state index contributed by atoms with van der Waals surface area (Å²) < 4.78 is 0. The maximum absolute atomic E-state index is 6.37. The van der Waals surface area contributed by atoms with Gasteiger partial charge in [-0.1, -0.05) is 68.9 Å². The van der Waals surface area contributed by atoms with Gasteiger partial charge in [0, 0.05) is 6.04 Å². The lowest BCUT2D eigenvalue weighted by molar-refractivity contribution is 0.309. The molecule has 0 fully saturated rings. The minimum atomic E-state index is 0.487. The van der Waals surface area contributed by atoms with Crippen LogP contribution in [0.3, 0.4) is 0 Å². The van der Waals surface area contributed by atoms with Crippen LogP contribution in [-0.2, 0) is 6.42 Å². The molecule has 0 heterocycles. The van der Waals surface area contributed by atoms with Crippen molar-refractivity contribution < 1.29 is 0 Å². The first-order valence-electron chi connectivity index (χ1n) is 8.30. The molecule has 1 N–H and O–H groups in total. The summed E-state index contributed by atoms with van der Waals surface area (Å²) in [4.78, 5) is 0. The van der Waals surface area contributed by atoms with Crippen LogP contribution in [0.2, 0.25) is 10.0 Å². The fourth-order valence-electron chi connectivity index (χ4n) is 2.97. The third-order valence-corrected chi connectivity index (χ3v) is 4.87. The second kappa shape index (κ2) is 10.5. The second-order valence-corrected chi connectivity index (χ2v) is 6.60. The minimum Gasteiger partial charge on any atom is -0.313 e. The number of hydrogen-bond acceptors (Lipinski definition) is 1. The van der Waals surface area contributed by atoms with Gasteiger partial charge in [0.15, 0.2) is 0 Å². The summed E-state index contributed by atoms with van der Waals surface area (Å²) in [6.07, 6.45) is 7.13. The maximum atomic E-state index is 6.37. The molecule has 1 atom stereocenters. The van der Waals surface area contributed by atoms with E-state index in [2.05, 4.69) is 32.2 Å². The van der Waals surface area contributed by atoms with E-state index < -0.39 is 0 Å². The Kier molecular flexibility index (Phi) is 9.39. The Bertz CT molecular complexity index is 400. The van der Waals surface area contributed by atoms with Gasteiger partial charge in [-0.2, -0.15) is 0 Å². The van der Waals surface area contributed by atoms with E-state index in [4.69, 9.17) is 23.2 Å². The summed E-state index contributed by atoms with van der Waals surface area (Å²) in [5.41, 5.74) is 1.16. The van der Waals surface area contributed by atoms with Gasteiger partial charge in [-0.15, -0.1) is 0 Å². The van der Waals surface area contributed by atoms with E-state index in [1.165, 1.54) is 25.7 Å². The van der Waals surface area contributed by atoms with Gasteiger partial charge in [0.25, 0.3) is 0 Å². The Morgan fingerprint density at radius 3 is 2.24 bits per heavy atom. The molecular weight excluding hydrogens is 301 g/mol. The van der Waals surface area contributed by atoms with E-state index in [1.54, 1.807) is 0 Å². The van der Waals surface area contributed by atoms with Crippen molar-refractivity contribution in [3.8, 4) is 0 Å². The van der Waals surface area contributed by atoms with Gasteiger partial charge < -0.3 is 5.32 Å². The molecule has 1 unspecified atom stereocenters. The zero-order valence-electron chi connectivity index (χ0n) is 13.6. The maximum Gasteiger partial charge on any atom is 0.0624 e. The van der Waals surface area contributed by atoms with E-state index in [0.717, 1.165) is 24.9 Å². The lowest BCUT2D eigenvalue weighted by atomic mass is 9.86. The van der Waals surface area contributed by atoms with E-state index in [0.29, 0.717) is 22.0 Å². The molecule has 0 saturated heterocycles. The number of hydrogen-bond donors (Lipinski definition) is 1. The van der Waals surface area contributed by atoms with Gasteiger partial charge in [0.05, 0.1) is 10.0 Å². The van der Waals surface area contributed by atoms with Crippen molar-refractivity contribution in [1.29, 1.82) is 0 Å². The van der Waals surface area contributed by atoms with Gasteiger partial charge >= 0.3 is 0 Å². The van der Waals surface area contributed by atoms with Gasteiger partial charge in [0.1, 0.15) is 0 Å². The molecule has 0 bridgehead atoms. The highest BCUT2D eigenvalue weighted by atomic mass is 35.5. The van der Waals surface area contributed by atoms with Crippen LogP contribution in [0.5, 0.6) is 0 Å². The van der Waals surface area contributed by atoms with Crippen LogP contribution in [0.25, 0.3) is 0 Å². The average Bonchev–Trinajstić information content (AvgIpc) is 2.47. The Balaban J connectivity index is 2.87. The molecule has 3 heteroatoms. The molecule has 0 radical (unpaired) electrons. The molecule has 1 aromatic carbocycles. The first-order chi connectivity index (χ1) is 10.1. The third-order valence-electron chi connectivity index (χ3n) is 4.02. The summed E-state index contributed by atoms with van der Waals surface area (Å²) in [7, 11) is 0. The molecule has 0 amide bonds. The average molecular weight is 330 g/mol. The van der Waals surface area contributed by atoms with Crippen molar-refractivity contribution in [2.75, 3.05) is 6.54 Å². The number of nitrogens with one attached hydrogen (secondary N) is 1. The molecule has 0 aliphatic carbocycles. The van der Waals surface area contributed by atoms with Crippen LogP contribution in [0.15, 0.2) is 18.2 Å². The van der Waals surface area contributed by atoms with Gasteiger partial charge in [0.2, 0.25) is 0 Å². The Hall–Kier alpha value is -0.240. The van der Waals surface area contributed by atoms with Crippen LogP contribution < -0.4 is 5.32 Å². The first kappa shape index (κ1) is 18.8. The van der Waals surface area contributed by atoms with Gasteiger partial charge in [-0.3, -0.25) is 0 Å². The molecule has 0 saturated carbocycles. The number of rotatable bonds is 10. The van der Waals surface area contributed by atoms with E-state index in [9.17, 15) is 0 Å². The zero-order chi connectivity index (χ0) is 15.7. The predicted molar refractivity (Wildman–Crippen MR) is 95.6 cm³/mol. The normalized spacial score (nSPS) is 12.9. The highest BCUT2D eigenvalue weighted by Gasteiger charge is 2.21. The summed E-state index contributed by atoms with van der Waals surface area (Å²) in [5, 5.41) is 5.11. The molecule has 0 spiro atoms.